The molecule has 0 bridgehead atoms. The summed E-state index contributed by atoms with van der Waals surface area (Å²) in [5, 5.41) is 4.47. The Morgan fingerprint density at radius 2 is 1.50 bits per heavy atom. The van der Waals surface area contributed by atoms with Gasteiger partial charge in [0.1, 0.15) is 0 Å². The van der Waals surface area contributed by atoms with Crippen molar-refractivity contribution in [2.75, 3.05) is 18.9 Å². The third-order valence-corrected chi connectivity index (χ3v) is 6.58. The molecule has 1 N–H and O–H groups in total. The van der Waals surface area contributed by atoms with E-state index in [-0.39, 0.29) is 0 Å². The van der Waals surface area contributed by atoms with Crippen LogP contribution in [0, 0.1) is 0 Å². The first kappa shape index (κ1) is 20.8. The fraction of sp³-hybridized carbons (Fsp3) is 0.172. The van der Waals surface area contributed by atoms with Gasteiger partial charge in [-0.1, -0.05) is 90.5 Å². The number of hydrogen-bond acceptors (Lipinski definition) is 2. The van der Waals surface area contributed by atoms with Crippen molar-refractivity contribution in [3.63, 3.8) is 0 Å². The molecule has 1 aliphatic rings. The summed E-state index contributed by atoms with van der Waals surface area (Å²) < 4.78 is 0. The summed E-state index contributed by atoms with van der Waals surface area (Å²) in [4.78, 5) is 2.42. The van der Waals surface area contributed by atoms with Crippen LogP contribution in [-0.4, -0.2) is 18.5 Å². The summed E-state index contributed by atoms with van der Waals surface area (Å²) in [5.41, 5.74) is 9.12. The normalized spacial score (nSPS) is 15.9. The topological polar surface area (TPSA) is 15.3 Å². The second-order valence-corrected chi connectivity index (χ2v) is 9.03. The van der Waals surface area contributed by atoms with Gasteiger partial charge in [-0.25, -0.2) is 0 Å². The summed E-state index contributed by atoms with van der Waals surface area (Å²) in [6, 6.07) is 34.3. The highest BCUT2D eigenvalue weighted by Crippen LogP contribution is 2.36. The molecule has 0 fully saturated rings. The molecule has 0 amide bonds. The average Bonchev–Trinajstić information content (AvgIpc) is 2.84. The lowest BCUT2D eigenvalue weighted by Gasteiger charge is -2.34. The maximum atomic E-state index is 6.02. The van der Waals surface area contributed by atoms with Crippen LogP contribution in [0.3, 0.4) is 0 Å². The first-order valence-corrected chi connectivity index (χ1v) is 11.5. The molecule has 0 saturated carbocycles. The van der Waals surface area contributed by atoms with Crippen molar-refractivity contribution in [3.05, 3.63) is 124 Å². The minimum absolute atomic E-state index is 0.408. The van der Waals surface area contributed by atoms with Gasteiger partial charge in [-0.2, -0.15) is 0 Å². The van der Waals surface area contributed by atoms with E-state index in [1.165, 1.54) is 39.1 Å². The SMILES string of the molecule is CN1Cc2c(NCc3ccc(-c4ccc(Cl)cc4)cc3)cccc2C(c2ccccc2)C1. The average molecular weight is 439 g/mol. The maximum Gasteiger partial charge on any atom is 0.0406 e. The molecule has 3 heteroatoms. The van der Waals surface area contributed by atoms with Crippen LogP contribution in [0.1, 0.15) is 28.2 Å². The van der Waals surface area contributed by atoms with E-state index in [2.05, 4.69) is 102 Å². The van der Waals surface area contributed by atoms with Crippen molar-refractivity contribution in [3.8, 4) is 11.1 Å². The Hall–Kier alpha value is -3.07. The van der Waals surface area contributed by atoms with Gasteiger partial charge in [0.15, 0.2) is 0 Å². The molecule has 0 spiro atoms. The van der Waals surface area contributed by atoms with Crippen LogP contribution in [-0.2, 0) is 13.1 Å². The minimum Gasteiger partial charge on any atom is -0.381 e. The van der Waals surface area contributed by atoms with E-state index in [0.29, 0.717) is 5.92 Å². The number of nitrogens with zero attached hydrogens (tertiary/aromatic N) is 1. The lowest BCUT2D eigenvalue weighted by molar-refractivity contribution is 0.296. The number of hydrogen-bond donors (Lipinski definition) is 1. The summed E-state index contributed by atoms with van der Waals surface area (Å²) >= 11 is 6.02. The van der Waals surface area contributed by atoms with E-state index in [1.807, 2.05) is 12.1 Å². The van der Waals surface area contributed by atoms with Crippen molar-refractivity contribution in [2.24, 2.45) is 0 Å². The largest absolute Gasteiger partial charge is 0.381 e. The molecule has 4 aromatic carbocycles. The first-order valence-electron chi connectivity index (χ1n) is 11.1. The number of likely N-dealkylation sites (N-methyl/N-ethyl adjacent to an activating group) is 1. The highest BCUT2D eigenvalue weighted by Gasteiger charge is 2.26. The molecule has 1 unspecified atom stereocenters. The smallest absolute Gasteiger partial charge is 0.0406 e. The minimum atomic E-state index is 0.408. The molecule has 160 valence electrons. The van der Waals surface area contributed by atoms with Crippen LogP contribution in [0.4, 0.5) is 5.69 Å². The fourth-order valence-electron chi connectivity index (χ4n) is 4.64. The van der Waals surface area contributed by atoms with E-state index in [1.54, 1.807) is 0 Å². The van der Waals surface area contributed by atoms with Gasteiger partial charge in [0, 0.05) is 36.3 Å². The zero-order chi connectivity index (χ0) is 21.9. The second kappa shape index (κ2) is 9.20. The number of anilines is 1. The van der Waals surface area contributed by atoms with Gasteiger partial charge >= 0.3 is 0 Å². The molecule has 1 atom stereocenters. The standard InChI is InChI=1S/C29H27ClN2/c1-32-19-27(24-6-3-2-4-7-24)26-8-5-9-29(28(26)20-32)31-18-21-10-12-22(13-11-21)23-14-16-25(30)17-15-23/h2-17,27,31H,18-20H2,1H3. The Labute approximate surface area is 195 Å². The fourth-order valence-corrected chi connectivity index (χ4v) is 4.77. The van der Waals surface area contributed by atoms with Gasteiger partial charge in [0.25, 0.3) is 0 Å². The van der Waals surface area contributed by atoms with Crippen molar-refractivity contribution in [1.82, 2.24) is 4.90 Å². The number of rotatable bonds is 5. The molecule has 1 aliphatic heterocycles. The first-order chi connectivity index (χ1) is 15.7. The lowest BCUT2D eigenvalue weighted by atomic mass is 9.84. The zero-order valence-electron chi connectivity index (χ0n) is 18.3. The molecular formula is C29H27ClN2. The Balaban J connectivity index is 1.35. The predicted molar refractivity (Wildman–Crippen MR) is 135 cm³/mol. The molecule has 0 aromatic heterocycles. The number of fused-ring (bicyclic) bond motifs is 1. The Kier molecular flexibility index (Phi) is 5.98. The number of nitrogens with one attached hydrogen (secondary N) is 1. The monoisotopic (exact) mass is 438 g/mol. The summed E-state index contributed by atoms with van der Waals surface area (Å²) in [5.74, 6) is 0.408. The highest BCUT2D eigenvalue weighted by atomic mass is 35.5. The summed E-state index contributed by atoms with van der Waals surface area (Å²) in [7, 11) is 2.21. The van der Waals surface area contributed by atoms with Gasteiger partial charge in [-0.05, 0) is 58.6 Å². The van der Waals surface area contributed by atoms with E-state index < -0.39 is 0 Å². The molecule has 2 nitrogen and oxygen atoms in total. The quantitative estimate of drug-likeness (QED) is 0.354. The third-order valence-electron chi connectivity index (χ3n) is 6.33. The van der Waals surface area contributed by atoms with E-state index in [4.69, 9.17) is 11.6 Å². The van der Waals surface area contributed by atoms with Gasteiger partial charge in [-0.15, -0.1) is 0 Å². The maximum absolute atomic E-state index is 6.02. The Morgan fingerprint density at radius 3 is 2.22 bits per heavy atom. The lowest BCUT2D eigenvalue weighted by Crippen LogP contribution is -2.31. The van der Waals surface area contributed by atoms with Crippen LogP contribution < -0.4 is 5.32 Å². The van der Waals surface area contributed by atoms with E-state index >= 15 is 0 Å². The molecule has 32 heavy (non-hydrogen) atoms. The zero-order valence-corrected chi connectivity index (χ0v) is 19.0. The van der Waals surface area contributed by atoms with Crippen LogP contribution in [0.25, 0.3) is 11.1 Å². The van der Waals surface area contributed by atoms with Crippen LogP contribution in [0.5, 0.6) is 0 Å². The molecular weight excluding hydrogens is 412 g/mol. The van der Waals surface area contributed by atoms with Crippen LogP contribution in [0.2, 0.25) is 5.02 Å². The molecule has 5 rings (SSSR count). The van der Waals surface area contributed by atoms with Crippen molar-refractivity contribution in [2.45, 2.75) is 19.0 Å². The van der Waals surface area contributed by atoms with Crippen molar-refractivity contribution >= 4 is 17.3 Å². The second-order valence-electron chi connectivity index (χ2n) is 8.59. The Morgan fingerprint density at radius 1 is 0.812 bits per heavy atom. The van der Waals surface area contributed by atoms with Crippen molar-refractivity contribution in [1.29, 1.82) is 0 Å². The highest BCUT2D eigenvalue weighted by molar-refractivity contribution is 6.30. The van der Waals surface area contributed by atoms with Gasteiger partial charge < -0.3 is 10.2 Å². The molecule has 1 heterocycles. The summed E-state index contributed by atoms with van der Waals surface area (Å²) in [6.45, 7) is 2.82. The van der Waals surface area contributed by atoms with Gasteiger partial charge in [-0.3, -0.25) is 0 Å². The number of benzene rings is 4. The van der Waals surface area contributed by atoms with Crippen molar-refractivity contribution < 1.29 is 0 Å². The molecule has 0 aliphatic carbocycles. The number of halogens is 1. The van der Waals surface area contributed by atoms with Crippen LogP contribution in [0.15, 0.2) is 97.1 Å². The third kappa shape index (κ3) is 4.43. The molecule has 4 aromatic rings. The van der Waals surface area contributed by atoms with E-state index in [9.17, 15) is 0 Å². The van der Waals surface area contributed by atoms with Crippen LogP contribution >= 0.6 is 11.6 Å². The summed E-state index contributed by atoms with van der Waals surface area (Å²) in [6.07, 6.45) is 0. The predicted octanol–water partition coefficient (Wildman–Crippen LogP) is 7.20. The Bertz CT molecular complexity index is 1180. The molecule has 0 radical (unpaired) electrons. The molecule has 0 saturated heterocycles. The van der Waals surface area contributed by atoms with E-state index in [0.717, 1.165) is 24.7 Å². The van der Waals surface area contributed by atoms with Gasteiger partial charge in [0.05, 0.1) is 0 Å². The van der Waals surface area contributed by atoms with Gasteiger partial charge in [0.2, 0.25) is 0 Å².